The summed E-state index contributed by atoms with van der Waals surface area (Å²) in [4.78, 5) is 25.0. The van der Waals surface area contributed by atoms with E-state index in [1.165, 1.54) is 12.1 Å². The molecule has 2 aromatic carbocycles. The summed E-state index contributed by atoms with van der Waals surface area (Å²) in [6.07, 6.45) is 0.708. The van der Waals surface area contributed by atoms with Gasteiger partial charge in [-0.15, -0.1) is 0 Å². The summed E-state index contributed by atoms with van der Waals surface area (Å²) in [6, 6.07) is 11.3. The van der Waals surface area contributed by atoms with E-state index in [0.29, 0.717) is 24.5 Å². The van der Waals surface area contributed by atoms with Crippen LogP contribution in [0.5, 0.6) is 11.5 Å². The van der Waals surface area contributed by atoms with Gasteiger partial charge < -0.3 is 14.8 Å². The number of hydrogen-bond donors (Lipinski definition) is 1. The summed E-state index contributed by atoms with van der Waals surface area (Å²) in [7, 11) is 5.01. The molecule has 0 aliphatic carbocycles. The Balaban J connectivity index is 1.98. The van der Waals surface area contributed by atoms with Crippen molar-refractivity contribution in [3.63, 3.8) is 0 Å². The van der Waals surface area contributed by atoms with E-state index in [4.69, 9.17) is 9.47 Å². The standard InChI is InChI=1S/C20H25N3O5/c1-14(20(24)21-16-7-5-6-8-17(16)23(25)26)22(2)12-11-15-9-10-18(27-3)19(13-15)28-4/h5-10,13-14H,11-12H2,1-4H3,(H,21,24)/t14-/m1/s1. The van der Waals surface area contributed by atoms with Crippen LogP contribution in [0.4, 0.5) is 11.4 Å². The van der Waals surface area contributed by atoms with Crippen LogP contribution < -0.4 is 14.8 Å². The number of hydrogen-bond acceptors (Lipinski definition) is 6. The number of amides is 1. The average Bonchev–Trinajstić information content (AvgIpc) is 2.71. The number of nitrogens with one attached hydrogen (secondary N) is 1. The van der Waals surface area contributed by atoms with Crippen molar-refractivity contribution in [2.24, 2.45) is 0 Å². The molecule has 1 amide bonds. The Bertz CT molecular complexity index is 840. The number of carbonyl (C=O) groups excluding carboxylic acids is 1. The van der Waals surface area contributed by atoms with E-state index in [2.05, 4.69) is 5.32 Å². The third-order valence-corrected chi connectivity index (χ3v) is 4.60. The minimum absolute atomic E-state index is 0.129. The minimum Gasteiger partial charge on any atom is -0.493 e. The highest BCUT2D eigenvalue weighted by molar-refractivity contribution is 5.96. The summed E-state index contributed by atoms with van der Waals surface area (Å²) in [5.74, 6) is 1.02. The number of benzene rings is 2. The third-order valence-electron chi connectivity index (χ3n) is 4.60. The molecule has 0 aliphatic rings. The fraction of sp³-hybridized carbons (Fsp3) is 0.350. The van der Waals surface area contributed by atoms with E-state index in [9.17, 15) is 14.9 Å². The molecule has 8 heteroatoms. The Hall–Kier alpha value is -3.13. The molecule has 0 unspecified atom stereocenters. The van der Waals surface area contributed by atoms with E-state index in [-0.39, 0.29) is 17.3 Å². The zero-order valence-electron chi connectivity index (χ0n) is 16.5. The molecule has 0 saturated carbocycles. The van der Waals surface area contributed by atoms with E-state index < -0.39 is 11.0 Å². The molecule has 0 fully saturated rings. The van der Waals surface area contributed by atoms with Gasteiger partial charge in [-0.3, -0.25) is 19.8 Å². The van der Waals surface area contributed by atoms with Crippen molar-refractivity contribution in [3.05, 3.63) is 58.1 Å². The van der Waals surface area contributed by atoms with Crippen molar-refractivity contribution in [1.29, 1.82) is 0 Å². The number of carbonyl (C=O) groups is 1. The molecule has 2 rings (SSSR count). The Morgan fingerprint density at radius 1 is 1.18 bits per heavy atom. The van der Waals surface area contributed by atoms with E-state index in [1.807, 2.05) is 30.1 Å². The lowest BCUT2D eigenvalue weighted by Crippen LogP contribution is -2.40. The van der Waals surface area contributed by atoms with E-state index >= 15 is 0 Å². The van der Waals surface area contributed by atoms with Crippen molar-refractivity contribution in [2.45, 2.75) is 19.4 Å². The largest absolute Gasteiger partial charge is 0.493 e. The number of rotatable bonds is 9. The molecule has 28 heavy (non-hydrogen) atoms. The van der Waals surface area contributed by atoms with Crippen molar-refractivity contribution in [2.75, 3.05) is 33.1 Å². The Kier molecular flexibility index (Phi) is 7.34. The molecule has 1 atom stereocenters. The number of nitrogens with zero attached hydrogens (tertiary/aromatic N) is 2. The normalized spacial score (nSPS) is 11.8. The van der Waals surface area contributed by atoms with Crippen molar-refractivity contribution in [3.8, 4) is 11.5 Å². The first-order chi connectivity index (χ1) is 13.4. The second kappa shape index (κ2) is 9.70. The number of methoxy groups -OCH3 is 2. The molecule has 1 N–H and O–H groups in total. The van der Waals surface area contributed by atoms with Crippen LogP contribution in [0.25, 0.3) is 0 Å². The van der Waals surface area contributed by atoms with Gasteiger partial charge in [0.1, 0.15) is 5.69 Å². The summed E-state index contributed by atoms with van der Waals surface area (Å²) >= 11 is 0. The average molecular weight is 387 g/mol. The number of likely N-dealkylation sites (N-methyl/N-ethyl adjacent to an activating group) is 1. The Morgan fingerprint density at radius 3 is 2.50 bits per heavy atom. The van der Waals surface area contributed by atoms with Crippen LogP contribution in [-0.2, 0) is 11.2 Å². The second-order valence-corrected chi connectivity index (χ2v) is 6.36. The molecule has 0 aromatic heterocycles. The second-order valence-electron chi connectivity index (χ2n) is 6.36. The first-order valence-electron chi connectivity index (χ1n) is 8.82. The highest BCUT2D eigenvalue weighted by Gasteiger charge is 2.21. The first-order valence-corrected chi connectivity index (χ1v) is 8.82. The monoisotopic (exact) mass is 387 g/mol. The Morgan fingerprint density at radius 2 is 1.86 bits per heavy atom. The molecule has 8 nitrogen and oxygen atoms in total. The lowest BCUT2D eigenvalue weighted by Gasteiger charge is -2.24. The minimum atomic E-state index is -0.513. The maximum absolute atomic E-state index is 12.5. The fourth-order valence-corrected chi connectivity index (χ4v) is 2.71. The molecule has 0 aliphatic heterocycles. The van der Waals surface area contributed by atoms with Crippen LogP contribution >= 0.6 is 0 Å². The summed E-state index contributed by atoms with van der Waals surface area (Å²) in [5.41, 5.74) is 1.12. The van der Waals surface area contributed by atoms with Gasteiger partial charge in [0.2, 0.25) is 5.91 Å². The SMILES string of the molecule is COc1ccc(CCN(C)[C@H](C)C(=O)Nc2ccccc2[N+](=O)[O-])cc1OC. The van der Waals surface area contributed by atoms with Gasteiger partial charge in [-0.25, -0.2) is 0 Å². The number of anilines is 1. The number of nitro benzene ring substituents is 1. The highest BCUT2D eigenvalue weighted by atomic mass is 16.6. The molecule has 0 bridgehead atoms. The van der Waals surface area contributed by atoms with Gasteiger partial charge in [-0.05, 0) is 44.2 Å². The van der Waals surface area contributed by atoms with Gasteiger partial charge in [-0.1, -0.05) is 18.2 Å². The number of nitro groups is 1. The quantitative estimate of drug-likeness (QED) is 0.525. The molecule has 0 radical (unpaired) electrons. The number of ether oxygens (including phenoxy) is 2. The number of para-hydroxylation sites is 2. The lowest BCUT2D eigenvalue weighted by molar-refractivity contribution is -0.383. The van der Waals surface area contributed by atoms with Crippen molar-refractivity contribution < 1.29 is 19.2 Å². The summed E-state index contributed by atoms with van der Waals surface area (Å²) in [6.45, 7) is 2.39. The zero-order chi connectivity index (χ0) is 20.7. The van der Waals surface area contributed by atoms with Gasteiger partial charge in [-0.2, -0.15) is 0 Å². The smallest absolute Gasteiger partial charge is 0.292 e. The van der Waals surface area contributed by atoms with Crippen LogP contribution in [0, 0.1) is 10.1 Å². The van der Waals surface area contributed by atoms with Crippen LogP contribution in [0.3, 0.4) is 0 Å². The third kappa shape index (κ3) is 5.20. The zero-order valence-corrected chi connectivity index (χ0v) is 16.5. The van der Waals surface area contributed by atoms with Gasteiger partial charge in [0.05, 0.1) is 25.2 Å². The predicted octanol–water partition coefficient (Wildman–Crippen LogP) is 3.11. The maximum Gasteiger partial charge on any atom is 0.292 e. The highest BCUT2D eigenvalue weighted by Crippen LogP contribution is 2.28. The van der Waals surface area contributed by atoms with Gasteiger partial charge in [0.15, 0.2) is 11.5 Å². The van der Waals surface area contributed by atoms with Crippen LogP contribution in [0.15, 0.2) is 42.5 Å². The molecule has 150 valence electrons. The first kappa shape index (κ1) is 21.2. The predicted molar refractivity (Wildman–Crippen MR) is 107 cm³/mol. The summed E-state index contributed by atoms with van der Waals surface area (Å²) in [5, 5.41) is 13.7. The Labute approximate surface area is 164 Å². The van der Waals surface area contributed by atoms with Crippen LogP contribution in [0.2, 0.25) is 0 Å². The van der Waals surface area contributed by atoms with Crippen LogP contribution in [-0.4, -0.2) is 49.6 Å². The maximum atomic E-state index is 12.5. The topological polar surface area (TPSA) is 93.9 Å². The molecule has 0 spiro atoms. The molecule has 0 saturated heterocycles. The molecule has 0 heterocycles. The molecular formula is C20H25N3O5. The van der Waals surface area contributed by atoms with Crippen molar-refractivity contribution in [1.82, 2.24) is 4.90 Å². The van der Waals surface area contributed by atoms with E-state index in [1.54, 1.807) is 33.3 Å². The molecular weight excluding hydrogens is 362 g/mol. The summed E-state index contributed by atoms with van der Waals surface area (Å²) < 4.78 is 10.5. The van der Waals surface area contributed by atoms with Gasteiger partial charge in [0.25, 0.3) is 5.69 Å². The van der Waals surface area contributed by atoms with Crippen LogP contribution in [0.1, 0.15) is 12.5 Å². The molecule has 2 aromatic rings. The lowest BCUT2D eigenvalue weighted by atomic mass is 10.1. The van der Waals surface area contributed by atoms with Gasteiger partial charge in [0, 0.05) is 12.6 Å². The van der Waals surface area contributed by atoms with Crippen molar-refractivity contribution >= 4 is 17.3 Å². The van der Waals surface area contributed by atoms with Gasteiger partial charge >= 0.3 is 0 Å². The fourth-order valence-electron chi connectivity index (χ4n) is 2.71. The van der Waals surface area contributed by atoms with E-state index in [0.717, 1.165) is 5.56 Å².